The van der Waals surface area contributed by atoms with E-state index in [1.54, 1.807) is 24.3 Å². The molecule has 0 radical (unpaired) electrons. The van der Waals surface area contributed by atoms with Crippen LogP contribution < -0.4 is 5.32 Å². The van der Waals surface area contributed by atoms with Crippen molar-refractivity contribution in [2.24, 2.45) is 0 Å². The molecule has 35 heavy (non-hydrogen) atoms. The maximum Gasteiger partial charge on any atom is 0.352 e. The summed E-state index contributed by atoms with van der Waals surface area (Å²) in [5.74, 6) is -4.36. The third kappa shape index (κ3) is 4.90. The first kappa shape index (κ1) is 24.0. The van der Waals surface area contributed by atoms with Gasteiger partial charge in [-0.15, -0.1) is 11.8 Å². The number of nitrogens with zero attached hydrogens (tertiary/aromatic N) is 1. The molecule has 0 unspecified atom stereocenters. The van der Waals surface area contributed by atoms with E-state index in [1.165, 1.54) is 36.0 Å². The fourth-order valence-corrected chi connectivity index (χ4v) is 5.21. The number of hydrogen-bond donors (Lipinski definition) is 3. The van der Waals surface area contributed by atoms with Crippen LogP contribution in [0, 0.1) is 0 Å². The van der Waals surface area contributed by atoms with E-state index < -0.39 is 41.8 Å². The number of carbonyl (C=O) groups excluding carboxylic acids is 3. The highest BCUT2D eigenvalue weighted by molar-refractivity contribution is 8.00. The number of benzene rings is 2. The number of aliphatic carboxylic acids is 1. The maximum atomic E-state index is 12.8. The van der Waals surface area contributed by atoms with Gasteiger partial charge in [0, 0.05) is 11.3 Å². The normalized spacial score (nSPS) is 18.9. The Morgan fingerprint density at radius 2 is 1.63 bits per heavy atom. The van der Waals surface area contributed by atoms with Gasteiger partial charge in [0.1, 0.15) is 23.7 Å². The van der Waals surface area contributed by atoms with E-state index in [-0.39, 0.29) is 40.5 Å². The van der Waals surface area contributed by atoms with Gasteiger partial charge in [0.05, 0.1) is 17.5 Å². The van der Waals surface area contributed by atoms with Crippen LogP contribution in [0.4, 0.5) is 0 Å². The summed E-state index contributed by atoms with van der Waals surface area (Å²) in [6, 6.07) is 13.6. The number of thioether (sulfide) groups is 1. The molecule has 11 heteroatoms. The van der Waals surface area contributed by atoms with Crippen molar-refractivity contribution < 1.29 is 38.9 Å². The van der Waals surface area contributed by atoms with Crippen molar-refractivity contribution in [2.75, 3.05) is 12.4 Å². The van der Waals surface area contributed by atoms with Crippen LogP contribution in [-0.4, -0.2) is 68.6 Å². The van der Waals surface area contributed by atoms with Crippen LogP contribution in [0.2, 0.25) is 0 Å². The summed E-state index contributed by atoms with van der Waals surface area (Å²) in [7, 11) is 0. The van der Waals surface area contributed by atoms with E-state index in [4.69, 9.17) is 4.74 Å². The molecule has 2 aliphatic rings. The number of carbonyl (C=O) groups is 5. The monoisotopic (exact) mass is 496 g/mol. The molecule has 1 saturated heterocycles. The lowest BCUT2D eigenvalue weighted by atomic mass is 10.0. The lowest BCUT2D eigenvalue weighted by molar-refractivity contribution is -0.150. The highest BCUT2D eigenvalue weighted by atomic mass is 32.2. The van der Waals surface area contributed by atoms with E-state index in [0.717, 1.165) is 10.5 Å². The van der Waals surface area contributed by atoms with Crippen molar-refractivity contribution in [3.63, 3.8) is 0 Å². The van der Waals surface area contributed by atoms with E-state index in [2.05, 4.69) is 5.32 Å². The molecular weight excluding hydrogens is 476 g/mol. The number of β-lactam (4-membered cyclic amide) rings is 1. The number of esters is 1. The molecule has 2 amide bonds. The summed E-state index contributed by atoms with van der Waals surface area (Å²) < 4.78 is 5.19. The molecule has 0 spiro atoms. The first-order chi connectivity index (χ1) is 16.8. The molecule has 0 saturated carbocycles. The van der Waals surface area contributed by atoms with Crippen molar-refractivity contribution in [3.8, 4) is 0 Å². The molecule has 180 valence electrons. The molecule has 0 aromatic heterocycles. The number of ether oxygens (including phenoxy) is 1. The zero-order valence-corrected chi connectivity index (χ0v) is 19.0. The van der Waals surface area contributed by atoms with Gasteiger partial charge in [-0.05, 0) is 17.7 Å². The largest absolute Gasteiger partial charge is 0.478 e. The topological polar surface area (TPSA) is 150 Å². The van der Waals surface area contributed by atoms with E-state index >= 15 is 0 Å². The van der Waals surface area contributed by atoms with Crippen LogP contribution in [0.3, 0.4) is 0 Å². The zero-order chi connectivity index (χ0) is 25.1. The predicted octanol–water partition coefficient (Wildman–Crippen LogP) is 1.52. The Morgan fingerprint density at radius 3 is 2.29 bits per heavy atom. The van der Waals surface area contributed by atoms with Crippen molar-refractivity contribution in [1.82, 2.24) is 10.2 Å². The highest BCUT2D eigenvalue weighted by Crippen LogP contribution is 2.40. The molecular formula is C24H20N2O8S. The number of nitrogens with one attached hydrogen (secondary N) is 1. The van der Waals surface area contributed by atoms with E-state index in [0.29, 0.717) is 0 Å². The maximum absolute atomic E-state index is 12.8. The summed E-state index contributed by atoms with van der Waals surface area (Å²) in [5, 5.41) is 21.1. The first-order valence-electron chi connectivity index (χ1n) is 10.5. The molecule has 10 nitrogen and oxygen atoms in total. The van der Waals surface area contributed by atoms with Gasteiger partial charge in [-0.2, -0.15) is 0 Å². The Bertz CT molecular complexity index is 1240. The molecule has 0 aliphatic carbocycles. The molecule has 2 heterocycles. The number of rotatable bonds is 8. The Labute approximate surface area is 203 Å². The van der Waals surface area contributed by atoms with Gasteiger partial charge in [-0.1, -0.05) is 42.5 Å². The van der Waals surface area contributed by atoms with Crippen LogP contribution in [0.25, 0.3) is 0 Å². The third-order valence-corrected chi connectivity index (χ3v) is 6.87. The molecule has 3 N–H and O–H groups in total. The second-order valence-electron chi connectivity index (χ2n) is 7.80. The van der Waals surface area contributed by atoms with Crippen molar-refractivity contribution in [1.29, 1.82) is 0 Å². The van der Waals surface area contributed by atoms with Gasteiger partial charge in [-0.3, -0.25) is 14.5 Å². The summed E-state index contributed by atoms with van der Waals surface area (Å²) in [4.78, 5) is 62.0. The molecule has 2 atom stereocenters. The van der Waals surface area contributed by atoms with Crippen LogP contribution >= 0.6 is 11.8 Å². The molecule has 2 aromatic rings. The number of aromatic carboxylic acids is 1. The lowest BCUT2D eigenvalue weighted by Gasteiger charge is -2.49. The van der Waals surface area contributed by atoms with Crippen LogP contribution in [0.5, 0.6) is 0 Å². The van der Waals surface area contributed by atoms with Gasteiger partial charge >= 0.3 is 17.9 Å². The van der Waals surface area contributed by atoms with Crippen molar-refractivity contribution in [3.05, 3.63) is 82.6 Å². The minimum atomic E-state index is -1.37. The summed E-state index contributed by atoms with van der Waals surface area (Å²) in [6.45, 7) is -0.428. The van der Waals surface area contributed by atoms with Gasteiger partial charge in [0.25, 0.3) is 5.91 Å². The number of carboxylic acid groups (broad SMARTS) is 2. The zero-order valence-electron chi connectivity index (χ0n) is 18.2. The second kappa shape index (κ2) is 10.0. The van der Waals surface area contributed by atoms with Crippen molar-refractivity contribution >= 4 is 41.5 Å². The number of fused-ring (bicyclic) bond motifs is 1. The second-order valence-corrected chi connectivity index (χ2v) is 8.91. The summed E-state index contributed by atoms with van der Waals surface area (Å²) in [6.07, 6.45) is 0.0860. The van der Waals surface area contributed by atoms with Crippen molar-refractivity contribution in [2.45, 2.75) is 17.8 Å². The van der Waals surface area contributed by atoms with Gasteiger partial charge in [0.2, 0.25) is 5.91 Å². The number of carboxylic acids is 2. The fraction of sp³-hybridized carbons (Fsp3) is 0.208. The third-order valence-electron chi connectivity index (χ3n) is 5.53. The fourth-order valence-electron chi connectivity index (χ4n) is 3.88. The first-order valence-corrected chi connectivity index (χ1v) is 11.6. The van der Waals surface area contributed by atoms with Gasteiger partial charge < -0.3 is 20.3 Å². The predicted molar refractivity (Wildman–Crippen MR) is 124 cm³/mol. The average Bonchev–Trinajstić information content (AvgIpc) is 2.85. The summed E-state index contributed by atoms with van der Waals surface area (Å²) in [5.41, 5.74) is 0.272. The minimum Gasteiger partial charge on any atom is -0.478 e. The Kier molecular flexibility index (Phi) is 6.87. The number of amides is 2. The van der Waals surface area contributed by atoms with Crippen LogP contribution in [0.1, 0.15) is 26.3 Å². The quantitative estimate of drug-likeness (QED) is 0.365. The molecule has 2 aromatic carbocycles. The summed E-state index contributed by atoms with van der Waals surface area (Å²) >= 11 is 1.24. The number of hydrogen-bond acceptors (Lipinski definition) is 7. The molecule has 1 fully saturated rings. The smallest absolute Gasteiger partial charge is 0.352 e. The molecule has 2 aliphatic heterocycles. The molecule has 4 rings (SSSR count). The minimum absolute atomic E-state index is 0.0860. The SMILES string of the molecule is O=C(Cc1ccccc1)N[C@@H]1C(=O)N2C(C(=O)O)=C(COC(=O)c3ccccc3C(=O)O)CS[C@@H]12. The Balaban J connectivity index is 1.44. The average molecular weight is 496 g/mol. The van der Waals surface area contributed by atoms with Gasteiger partial charge in [-0.25, -0.2) is 14.4 Å². The highest BCUT2D eigenvalue weighted by Gasteiger charge is 2.54. The lowest BCUT2D eigenvalue weighted by Crippen LogP contribution is -2.70. The Hall–Kier alpha value is -4.12. The van der Waals surface area contributed by atoms with E-state index in [9.17, 15) is 34.2 Å². The standard InChI is InChI=1S/C24H20N2O8S/c27-17(10-13-6-2-1-3-7-13)25-18-20(28)26-19(23(31)32)14(12-35-21(18)26)11-34-24(33)16-9-5-4-8-15(16)22(29)30/h1-9,18,21H,10-12H2,(H,25,27)(H,29,30)(H,31,32)/t18-,21+/m1/s1. The van der Waals surface area contributed by atoms with E-state index in [1.807, 2.05) is 6.07 Å². The van der Waals surface area contributed by atoms with Crippen LogP contribution in [0.15, 0.2) is 65.9 Å². The van der Waals surface area contributed by atoms with Crippen LogP contribution in [-0.2, 0) is 25.5 Å². The Morgan fingerprint density at radius 1 is 0.971 bits per heavy atom. The van der Waals surface area contributed by atoms with Gasteiger partial charge in [0.15, 0.2) is 0 Å². The molecule has 0 bridgehead atoms.